The van der Waals surface area contributed by atoms with Crippen LogP contribution < -0.4 is 0 Å². The summed E-state index contributed by atoms with van der Waals surface area (Å²) >= 11 is 0. The smallest absolute Gasteiger partial charge is 0.207 e. The lowest BCUT2D eigenvalue weighted by atomic mass is 10.3. The van der Waals surface area contributed by atoms with Gasteiger partial charge in [-0.05, 0) is 0 Å². The average Bonchev–Trinajstić information content (AvgIpc) is 1.95. The highest BCUT2D eigenvalue weighted by Gasteiger charge is 1.93. The fourth-order valence-corrected chi connectivity index (χ4v) is 0.596. The number of nitrogens with zero attached hydrogens (tertiary/aromatic N) is 2. The number of nitro groups is 2. The van der Waals surface area contributed by atoms with Crippen molar-refractivity contribution in [3.05, 3.63) is 32.4 Å². The van der Waals surface area contributed by atoms with E-state index in [1.807, 2.05) is 0 Å². The Morgan fingerprint density at radius 3 is 1.50 bits per heavy atom. The Bertz CT molecular complexity index is 170. The first-order chi connectivity index (χ1) is 5.63. The van der Waals surface area contributed by atoms with E-state index in [9.17, 15) is 20.2 Å². The minimum absolute atomic E-state index is 0.116. The summed E-state index contributed by atoms with van der Waals surface area (Å²) in [6.45, 7) is -0.232. The number of rotatable bonds is 6. The molecule has 6 nitrogen and oxygen atoms in total. The summed E-state index contributed by atoms with van der Waals surface area (Å²) in [4.78, 5) is 18.8. The Balaban J connectivity index is 3.26. The fourth-order valence-electron chi connectivity index (χ4n) is 0.596. The third-order valence-electron chi connectivity index (χ3n) is 1.12. The maximum atomic E-state index is 9.80. The topological polar surface area (TPSA) is 86.3 Å². The summed E-state index contributed by atoms with van der Waals surface area (Å²) in [5.41, 5.74) is 0. The lowest BCUT2D eigenvalue weighted by Crippen LogP contribution is -1.99. The molecule has 0 aromatic carbocycles. The van der Waals surface area contributed by atoms with Gasteiger partial charge in [0.05, 0.1) is 0 Å². The minimum atomic E-state index is -0.419. The molecular weight excluding hydrogens is 164 g/mol. The van der Waals surface area contributed by atoms with Crippen LogP contribution in [0.4, 0.5) is 0 Å². The zero-order valence-corrected chi connectivity index (χ0v) is 6.51. The van der Waals surface area contributed by atoms with Gasteiger partial charge in [-0.2, -0.15) is 0 Å². The Morgan fingerprint density at radius 1 is 0.917 bits per heavy atom. The molecule has 0 heterocycles. The van der Waals surface area contributed by atoms with Gasteiger partial charge in [0.25, 0.3) is 0 Å². The van der Waals surface area contributed by atoms with E-state index in [0.717, 1.165) is 0 Å². The average molecular weight is 174 g/mol. The van der Waals surface area contributed by atoms with Crippen LogP contribution in [0, 0.1) is 20.2 Å². The maximum absolute atomic E-state index is 9.80. The van der Waals surface area contributed by atoms with Gasteiger partial charge in [0.1, 0.15) is 0 Å². The molecule has 0 saturated carbocycles. The Kier molecular flexibility index (Phi) is 5.50. The van der Waals surface area contributed by atoms with Gasteiger partial charge in [-0.15, -0.1) is 0 Å². The van der Waals surface area contributed by atoms with Gasteiger partial charge >= 0.3 is 0 Å². The fraction of sp³-hybridized carbons (Fsp3) is 0.667. The van der Waals surface area contributed by atoms with Crippen molar-refractivity contribution >= 4 is 0 Å². The van der Waals surface area contributed by atoms with E-state index in [1.54, 1.807) is 12.2 Å². The first-order valence-electron chi connectivity index (χ1n) is 3.51. The van der Waals surface area contributed by atoms with E-state index in [0.29, 0.717) is 12.8 Å². The molecule has 0 unspecified atom stereocenters. The molecule has 0 spiro atoms. The quantitative estimate of drug-likeness (QED) is 0.339. The summed E-state index contributed by atoms with van der Waals surface area (Å²) in [6, 6.07) is 0. The predicted octanol–water partition coefficient (Wildman–Crippen LogP) is 0.876. The molecule has 0 amide bonds. The third-order valence-corrected chi connectivity index (χ3v) is 1.12. The highest BCUT2D eigenvalue weighted by molar-refractivity contribution is 4.80. The monoisotopic (exact) mass is 174 g/mol. The molecule has 12 heavy (non-hydrogen) atoms. The van der Waals surface area contributed by atoms with Crippen LogP contribution >= 0.6 is 0 Å². The normalized spacial score (nSPS) is 10.3. The summed E-state index contributed by atoms with van der Waals surface area (Å²) in [5.74, 6) is 0. The summed E-state index contributed by atoms with van der Waals surface area (Å²) in [7, 11) is 0. The van der Waals surface area contributed by atoms with Crippen LogP contribution in [-0.4, -0.2) is 22.9 Å². The van der Waals surface area contributed by atoms with Crippen LogP contribution in [0.3, 0.4) is 0 Å². The molecule has 0 aliphatic heterocycles. The van der Waals surface area contributed by atoms with Gasteiger partial charge in [0, 0.05) is 22.7 Å². The third kappa shape index (κ3) is 8.54. The zero-order valence-electron chi connectivity index (χ0n) is 6.51. The second-order valence-corrected chi connectivity index (χ2v) is 2.16. The number of hydrogen-bond acceptors (Lipinski definition) is 4. The Morgan fingerprint density at radius 2 is 1.25 bits per heavy atom. The lowest BCUT2D eigenvalue weighted by molar-refractivity contribution is -0.479. The molecule has 0 saturated heterocycles. The maximum Gasteiger partial charge on any atom is 0.207 e. The molecule has 0 rings (SSSR count). The molecule has 0 N–H and O–H groups in total. The second-order valence-electron chi connectivity index (χ2n) is 2.16. The Hall–Kier alpha value is -1.46. The molecule has 0 aromatic heterocycles. The largest absolute Gasteiger partial charge is 0.265 e. The van der Waals surface area contributed by atoms with Gasteiger partial charge < -0.3 is 0 Å². The van der Waals surface area contributed by atoms with E-state index >= 15 is 0 Å². The summed E-state index contributed by atoms with van der Waals surface area (Å²) < 4.78 is 0. The van der Waals surface area contributed by atoms with Gasteiger partial charge in [-0.25, -0.2) is 0 Å². The van der Waals surface area contributed by atoms with E-state index in [-0.39, 0.29) is 13.1 Å². The van der Waals surface area contributed by atoms with Crippen molar-refractivity contribution in [1.82, 2.24) is 0 Å². The number of hydrogen-bond donors (Lipinski definition) is 0. The molecular formula is C6H10N2O4. The first kappa shape index (κ1) is 10.5. The summed E-state index contributed by atoms with van der Waals surface area (Å²) in [6.07, 6.45) is 3.86. The van der Waals surface area contributed by atoms with Gasteiger partial charge in [-0.1, -0.05) is 12.2 Å². The molecule has 6 heteroatoms. The van der Waals surface area contributed by atoms with Crippen molar-refractivity contribution in [2.24, 2.45) is 0 Å². The van der Waals surface area contributed by atoms with E-state index in [2.05, 4.69) is 0 Å². The minimum Gasteiger partial charge on any atom is -0.265 e. The molecule has 0 aliphatic carbocycles. The molecule has 0 bridgehead atoms. The van der Waals surface area contributed by atoms with E-state index in [1.165, 1.54) is 0 Å². The van der Waals surface area contributed by atoms with Crippen LogP contribution in [0.2, 0.25) is 0 Å². The summed E-state index contributed by atoms with van der Waals surface area (Å²) in [5, 5.41) is 19.6. The van der Waals surface area contributed by atoms with Crippen LogP contribution in [-0.2, 0) is 0 Å². The van der Waals surface area contributed by atoms with E-state index < -0.39 is 9.85 Å². The van der Waals surface area contributed by atoms with Crippen molar-refractivity contribution in [1.29, 1.82) is 0 Å². The van der Waals surface area contributed by atoms with Crippen LogP contribution in [0.25, 0.3) is 0 Å². The standard InChI is InChI=1S/C6H10N2O4/c9-7(10)5-3-1-2-4-6-8(11)12/h1-2H,3-6H2. The molecule has 0 aromatic rings. The van der Waals surface area contributed by atoms with E-state index in [4.69, 9.17) is 0 Å². The van der Waals surface area contributed by atoms with Crippen LogP contribution in [0.5, 0.6) is 0 Å². The SMILES string of the molecule is O=[N+]([O-])CCC=CCC[N+](=O)[O-]. The van der Waals surface area contributed by atoms with Crippen molar-refractivity contribution in [3.8, 4) is 0 Å². The first-order valence-corrected chi connectivity index (χ1v) is 3.51. The van der Waals surface area contributed by atoms with Crippen molar-refractivity contribution < 1.29 is 9.85 Å². The molecule has 0 aliphatic rings. The van der Waals surface area contributed by atoms with Crippen LogP contribution in [0.15, 0.2) is 12.2 Å². The molecule has 0 atom stereocenters. The second kappa shape index (κ2) is 6.26. The van der Waals surface area contributed by atoms with Gasteiger partial charge in [0.15, 0.2) is 0 Å². The highest BCUT2D eigenvalue weighted by Crippen LogP contribution is 1.88. The molecule has 0 radical (unpaired) electrons. The van der Waals surface area contributed by atoms with Crippen LogP contribution in [0.1, 0.15) is 12.8 Å². The molecule has 68 valence electrons. The van der Waals surface area contributed by atoms with Crippen molar-refractivity contribution in [2.45, 2.75) is 12.8 Å². The van der Waals surface area contributed by atoms with Crippen molar-refractivity contribution in [2.75, 3.05) is 13.1 Å². The zero-order chi connectivity index (χ0) is 9.40. The lowest BCUT2D eigenvalue weighted by Gasteiger charge is -1.87. The van der Waals surface area contributed by atoms with Gasteiger partial charge in [0.2, 0.25) is 13.1 Å². The molecule has 0 fully saturated rings. The predicted molar refractivity (Wildman–Crippen MR) is 42.1 cm³/mol. The Labute approximate surface area is 69.2 Å². The highest BCUT2D eigenvalue weighted by atomic mass is 16.6. The van der Waals surface area contributed by atoms with Gasteiger partial charge in [-0.3, -0.25) is 20.2 Å². The van der Waals surface area contributed by atoms with Crippen molar-refractivity contribution in [3.63, 3.8) is 0 Å².